The smallest absolute Gasteiger partial charge is 0.300 e. The predicted molar refractivity (Wildman–Crippen MR) is 70.0 cm³/mol. The zero-order valence-corrected chi connectivity index (χ0v) is 11.6. The molecule has 1 heterocycles. The van der Waals surface area contributed by atoms with Gasteiger partial charge in [-0.05, 0) is 18.8 Å². The molecule has 0 radical (unpaired) electrons. The molecule has 1 aromatic rings. The van der Waals surface area contributed by atoms with Gasteiger partial charge < -0.3 is 0 Å². The quantitative estimate of drug-likeness (QED) is 0.759. The molecule has 0 saturated carbocycles. The van der Waals surface area contributed by atoms with Crippen molar-refractivity contribution in [2.24, 2.45) is 12.5 Å². The van der Waals surface area contributed by atoms with Crippen LogP contribution in [0.25, 0.3) is 0 Å². The Bertz CT molecular complexity index is 573. The van der Waals surface area contributed by atoms with Crippen LogP contribution in [0.3, 0.4) is 0 Å². The van der Waals surface area contributed by atoms with Gasteiger partial charge in [0.25, 0.3) is 5.56 Å². The summed E-state index contributed by atoms with van der Waals surface area (Å²) < 4.78 is 2.42. The Kier molecular flexibility index (Phi) is 3.94. The molecule has 0 N–H and O–H groups in total. The molecule has 0 atom stereocenters. The maximum Gasteiger partial charge on any atom is 0.330 e. The summed E-state index contributed by atoms with van der Waals surface area (Å²) in [5.74, 6) is -0.319. The van der Waals surface area contributed by atoms with Gasteiger partial charge in [-0.2, -0.15) is 0 Å². The van der Waals surface area contributed by atoms with Crippen molar-refractivity contribution in [1.29, 1.82) is 0 Å². The van der Waals surface area contributed by atoms with E-state index < -0.39 is 5.56 Å². The van der Waals surface area contributed by atoms with E-state index in [1.165, 1.54) is 24.7 Å². The molecule has 0 saturated heterocycles. The SMILES string of the molecule is CC(=O)c1cn(CCC(C)(C)C)c(=O)n(C)c1=O. The minimum absolute atomic E-state index is 0.0611. The Hall–Kier alpha value is -1.65. The summed E-state index contributed by atoms with van der Waals surface area (Å²) in [4.78, 5) is 35.0. The van der Waals surface area contributed by atoms with E-state index in [0.29, 0.717) is 6.54 Å². The van der Waals surface area contributed by atoms with Crippen LogP contribution < -0.4 is 11.2 Å². The van der Waals surface area contributed by atoms with Crippen LogP contribution in [0, 0.1) is 5.41 Å². The highest BCUT2D eigenvalue weighted by molar-refractivity contribution is 5.93. The average molecular weight is 252 g/mol. The topological polar surface area (TPSA) is 61.1 Å². The molecular formula is C13H20N2O3. The van der Waals surface area contributed by atoms with Crippen LogP contribution in [0.15, 0.2) is 15.8 Å². The number of ketones is 1. The van der Waals surface area contributed by atoms with Crippen LogP contribution in [-0.4, -0.2) is 14.9 Å². The molecule has 0 aliphatic carbocycles. The summed E-state index contributed by atoms with van der Waals surface area (Å²) in [7, 11) is 1.39. The molecule has 18 heavy (non-hydrogen) atoms. The molecule has 1 rings (SSSR count). The molecule has 0 unspecified atom stereocenters. The van der Waals surface area contributed by atoms with E-state index in [0.717, 1.165) is 11.0 Å². The van der Waals surface area contributed by atoms with E-state index in [1.807, 2.05) is 0 Å². The van der Waals surface area contributed by atoms with Gasteiger partial charge in [0, 0.05) is 19.8 Å². The molecule has 0 aliphatic heterocycles. The third-order valence-corrected chi connectivity index (χ3v) is 2.83. The van der Waals surface area contributed by atoms with Gasteiger partial charge in [-0.3, -0.25) is 18.7 Å². The van der Waals surface area contributed by atoms with Gasteiger partial charge in [0.2, 0.25) is 0 Å². The van der Waals surface area contributed by atoms with Gasteiger partial charge in [-0.15, -0.1) is 0 Å². The second-order valence-electron chi connectivity index (χ2n) is 5.75. The number of hydrogen-bond donors (Lipinski definition) is 0. The fourth-order valence-electron chi connectivity index (χ4n) is 1.58. The molecule has 5 nitrogen and oxygen atoms in total. The number of carbonyl (C=O) groups is 1. The second kappa shape index (κ2) is 4.92. The molecule has 0 spiro atoms. The lowest BCUT2D eigenvalue weighted by Gasteiger charge is -2.19. The van der Waals surface area contributed by atoms with Gasteiger partial charge in [-0.25, -0.2) is 4.79 Å². The molecule has 0 bridgehead atoms. The molecule has 0 amide bonds. The Labute approximate surface area is 106 Å². The molecule has 1 aromatic heterocycles. The molecule has 0 aliphatic rings. The zero-order valence-electron chi connectivity index (χ0n) is 11.6. The Morgan fingerprint density at radius 3 is 2.28 bits per heavy atom. The summed E-state index contributed by atoms with van der Waals surface area (Å²) in [6.45, 7) is 8.05. The van der Waals surface area contributed by atoms with E-state index in [-0.39, 0.29) is 22.5 Å². The Balaban J connectivity index is 3.26. The maximum absolute atomic E-state index is 11.9. The predicted octanol–water partition coefficient (Wildman–Crippen LogP) is 1.19. The van der Waals surface area contributed by atoms with Crippen molar-refractivity contribution < 1.29 is 4.79 Å². The highest BCUT2D eigenvalue weighted by Crippen LogP contribution is 2.18. The van der Waals surface area contributed by atoms with E-state index in [9.17, 15) is 14.4 Å². The van der Waals surface area contributed by atoms with Gasteiger partial charge in [-0.1, -0.05) is 20.8 Å². The van der Waals surface area contributed by atoms with Gasteiger partial charge in [0.05, 0.1) is 5.56 Å². The summed E-state index contributed by atoms with van der Waals surface area (Å²) in [5, 5.41) is 0. The lowest BCUT2D eigenvalue weighted by atomic mass is 9.92. The third kappa shape index (κ3) is 3.18. The normalized spacial score (nSPS) is 11.6. The van der Waals surface area contributed by atoms with Crippen molar-refractivity contribution in [3.8, 4) is 0 Å². The Morgan fingerprint density at radius 2 is 1.83 bits per heavy atom. The van der Waals surface area contributed by atoms with E-state index in [2.05, 4.69) is 20.8 Å². The third-order valence-electron chi connectivity index (χ3n) is 2.83. The van der Waals surface area contributed by atoms with Crippen molar-refractivity contribution in [3.05, 3.63) is 32.6 Å². The molecule has 5 heteroatoms. The van der Waals surface area contributed by atoms with E-state index >= 15 is 0 Å². The van der Waals surface area contributed by atoms with Gasteiger partial charge >= 0.3 is 5.69 Å². The Morgan fingerprint density at radius 1 is 1.28 bits per heavy atom. The van der Waals surface area contributed by atoms with Gasteiger partial charge in [0.1, 0.15) is 0 Å². The standard InChI is InChI=1S/C13H20N2O3/c1-9(16)10-8-15(7-6-13(2,3)4)12(18)14(5)11(10)17/h8H,6-7H2,1-5H3. The first-order chi connectivity index (χ1) is 8.13. The average Bonchev–Trinajstić information content (AvgIpc) is 2.23. The lowest BCUT2D eigenvalue weighted by molar-refractivity contribution is 0.101. The summed E-state index contributed by atoms with van der Waals surface area (Å²) in [5.41, 5.74) is -0.760. The van der Waals surface area contributed by atoms with E-state index in [1.54, 1.807) is 0 Å². The largest absolute Gasteiger partial charge is 0.330 e. The molecule has 0 aromatic carbocycles. The monoisotopic (exact) mass is 252 g/mol. The van der Waals surface area contributed by atoms with Crippen molar-refractivity contribution in [3.63, 3.8) is 0 Å². The van der Waals surface area contributed by atoms with Crippen molar-refractivity contribution in [2.45, 2.75) is 40.7 Å². The van der Waals surface area contributed by atoms with Crippen molar-refractivity contribution >= 4 is 5.78 Å². The first-order valence-electron chi connectivity index (χ1n) is 5.95. The van der Waals surface area contributed by atoms with Crippen molar-refractivity contribution in [1.82, 2.24) is 9.13 Å². The maximum atomic E-state index is 11.9. The minimum Gasteiger partial charge on any atom is -0.300 e. The van der Waals surface area contributed by atoms with Crippen LogP contribution in [0.4, 0.5) is 0 Å². The number of aromatic nitrogens is 2. The fraction of sp³-hybridized carbons (Fsp3) is 0.615. The number of carbonyl (C=O) groups excluding carboxylic acids is 1. The van der Waals surface area contributed by atoms with E-state index in [4.69, 9.17) is 0 Å². The molecule has 0 fully saturated rings. The zero-order chi connectivity index (χ0) is 14.1. The summed E-state index contributed by atoms with van der Waals surface area (Å²) >= 11 is 0. The van der Waals surface area contributed by atoms with Crippen LogP contribution >= 0.6 is 0 Å². The number of rotatable bonds is 3. The lowest BCUT2D eigenvalue weighted by Crippen LogP contribution is -2.40. The van der Waals surface area contributed by atoms with Crippen molar-refractivity contribution in [2.75, 3.05) is 0 Å². The van der Waals surface area contributed by atoms with Crippen LogP contribution in [0.5, 0.6) is 0 Å². The number of aryl methyl sites for hydroxylation is 1. The fourth-order valence-corrected chi connectivity index (χ4v) is 1.58. The van der Waals surface area contributed by atoms with Crippen LogP contribution in [0.2, 0.25) is 0 Å². The highest BCUT2D eigenvalue weighted by atomic mass is 16.2. The minimum atomic E-state index is -0.528. The van der Waals surface area contributed by atoms with Crippen LogP contribution in [-0.2, 0) is 13.6 Å². The number of Topliss-reactive ketones (excluding diaryl/α,β-unsaturated/α-hetero) is 1. The first-order valence-corrected chi connectivity index (χ1v) is 5.95. The number of hydrogen-bond acceptors (Lipinski definition) is 3. The summed E-state index contributed by atoms with van der Waals surface area (Å²) in [6, 6.07) is 0. The highest BCUT2D eigenvalue weighted by Gasteiger charge is 2.15. The van der Waals surface area contributed by atoms with Gasteiger partial charge in [0.15, 0.2) is 5.78 Å². The first kappa shape index (κ1) is 14.4. The summed E-state index contributed by atoms with van der Waals surface area (Å²) in [6.07, 6.45) is 2.17. The molecule has 100 valence electrons. The molecular weight excluding hydrogens is 232 g/mol. The second-order valence-corrected chi connectivity index (χ2v) is 5.75. The van der Waals surface area contributed by atoms with Crippen LogP contribution in [0.1, 0.15) is 44.5 Å². The number of nitrogens with zero attached hydrogens (tertiary/aromatic N) is 2.